The van der Waals surface area contributed by atoms with Gasteiger partial charge in [0.2, 0.25) is 11.8 Å². The summed E-state index contributed by atoms with van der Waals surface area (Å²) >= 11 is 0. The molecule has 1 N–H and O–H groups in total. The van der Waals surface area contributed by atoms with Crippen molar-refractivity contribution >= 4 is 5.91 Å². The molecule has 0 radical (unpaired) electrons. The molecule has 2 heterocycles. The fraction of sp³-hybridized carbons (Fsp3) is 0.250. The van der Waals surface area contributed by atoms with Crippen molar-refractivity contribution in [2.45, 2.75) is 25.9 Å². The van der Waals surface area contributed by atoms with Crippen LogP contribution in [0.4, 0.5) is 0 Å². The quantitative estimate of drug-likeness (QED) is 0.721. The van der Waals surface area contributed by atoms with E-state index < -0.39 is 0 Å². The number of nitrogens with zero attached hydrogens (tertiary/aromatic N) is 4. The highest BCUT2D eigenvalue weighted by Gasteiger charge is 2.07. The van der Waals surface area contributed by atoms with E-state index in [0.29, 0.717) is 37.5 Å². The van der Waals surface area contributed by atoms with E-state index in [4.69, 9.17) is 4.42 Å². The van der Waals surface area contributed by atoms with Crippen molar-refractivity contribution in [2.75, 3.05) is 0 Å². The molecular weight excluding hydrogens is 294 g/mol. The number of oxazole rings is 1. The minimum atomic E-state index is -0.0191. The van der Waals surface area contributed by atoms with Crippen LogP contribution in [-0.4, -0.2) is 25.7 Å². The number of carbonyl (C=O) groups excluding carboxylic acids is 1. The zero-order valence-electron chi connectivity index (χ0n) is 12.6. The van der Waals surface area contributed by atoms with Crippen LogP contribution in [0.3, 0.4) is 0 Å². The van der Waals surface area contributed by atoms with E-state index in [1.54, 1.807) is 17.3 Å². The number of hydrogen-bond donors (Lipinski definition) is 1. The number of carbonyl (C=O) groups is 1. The predicted octanol–water partition coefficient (Wildman–Crippen LogP) is 2.03. The summed E-state index contributed by atoms with van der Waals surface area (Å²) in [4.78, 5) is 20.0. The maximum Gasteiger partial charge on any atom is 0.226 e. The predicted molar refractivity (Wildman–Crippen MR) is 83.0 cm³/mol. The van der Waals surface area contributed by atoms with Crippen molar-refractivity contribution in [3.8, 4) is 11.5 Å². The van der Waals surface area contributed by atoms with Crippen LogP contribution in [0.15, 0.2) is 53.7 Å². The molecule has 3 rings (SSSR count). The minimum Gasteiger partial charge on any atom is -0.444 e. The topological polar surface area (TPSA) is 85.8 Å². The van der Waals surface area contributed by atoms with Crippen molar-refractivity contribution in [2.24, 2.45) is 0 Å². The molecule has 23 heavy (non-hydrogen) atoms. The van der Waals surface area contributed by atoms with Gasteiger partial charge in [-0.3, -0.25) is 9.48 Å². The van der Waals surface area contributed by atoms with Gasteiger partial charge in [0.25, 0.3) is 0 Å². The van der Waals surface area contributed by atoms with E-state index in [9.17, 15) is 4.79 Å². The Bertz CT molecular complexity index is 737. The lowest BCUT2D eigenvalue weighted by Gasteiger charge is -2.03. The van der Waals surface area contributed by atoms with Crippen molar-refractivity contribution in [3.05, 3.63) is 54.9 Å². The second kappa shape index (κ2) is 7.35. The van der Waals surface area contributed by atoms with Gasteiger partial charge in [-0.15, -0.1) is 0 Å². The summed E-state index contributed by atoms with van der Waals surface area (Å²) in [6.45, 7) is 1.04. The Hall–Kier alpha value is -2.96. The molecule has 1 aromatic carbocycles. The maximum atomic E-state index is 11.8. The number of aryl methyl sites for hydroxylation is 1. The highest BCUT2D eigenvalue weighted by Crippen LogP contribution is 2.17. The average molecular weight is 311 g/mol. The molecule has 0 saturated heterocycles. The molecule has 0 saturated carbocycles. The van der Waals surface area contributed by atoms with E-state index in [1.165, 1.54) is 6.33 Å². The molecule has 118 valence electrons. The first-order valence-corrected chi connectivity index (χ1v) is 7.40. The summed E-state index contributed by atoms with van der Waals surface area (Å²) in [5.74, 6) is 0.537. The van der Waals surface area contributed by atoms with E-state index >= 15 is 0 Å². The Labute approximate surface area is 133 Å². The van der Waals surface area contributed by atoms with E-state index in [0.717, 1.165) is 5.56 Å². The molecule has 0 aliphatic carbocycles. The third kappa shape index (κ3) is 4.26. The zero-order chi connectivity index (χ0) is 15.9. The molecular formula is C16H17N5O2. The molecule has 0 atom stereocenters. The molecule has 0 fully saturated rings. The lowest BCUT2D eigenvalue weighted by molar-refractivity contribution is -0.121. The Morgan fingerprint density at radius 3 is 2.91 bits per heavy atom. The summed E-state index contributed by atoms with van der Waals surface area (Å²) in [6.07, 6.45) is 5.83. The molecule has 0 spiro atoms. The van der Waals surface area contributed by atoms with Crippen LogP contribution in [-0.2, 0) is 17.9 Å². The fourth-order valence-electron chi connectivity index (χ4n) is 2.13. The van der Waals surface area contributed by atoms with E-state index in [-0.39, 0.29) is 5.91 Å². The third-order valence-corrected chi connectivity index (χ3v) is 3.30. The molecule has 0 unspecified atom stereocenters. The second-order valence-electron chi connectivity index (χ2n) is 5.05. The molecule has 7 heteroatoms. The van der Waals surface area contributed by atoms with Crippen molar-refractivity contribution < 1.29 is 9.21 Å². The molecule has 7 nitrogen and oxygen atoms in total. The molecule has 1 amide bonds. The Morgan fingerprint density at radius 1 is 1.26 bits per heavy atom. The molecule has 0 bridgehead atoms. The van der Waals surface area contributed by atoms with Crippen LogP contribution < -0.4 is 5.32 Å². The maximum absolute atomic E-state index is 11.8. The van der Waals surface area contributed by atoms with Crippen molar-refractivity contribution in [3.63, 3.8) is 0 Å². The van der Waals surface area contributed by atoms with Gasteiger partial charge >= 0.3 is 0 Å². The monoisotopic (exact) mass is 311 g/mol. The van der Waals surface area contributed by atoms with E-state index in [1.807, 2.05) is 30.3 Å². The summed E-state index contributed by atoms with van der Waals surface area (Å²) in [5.41, 5.74) is 1.62. The number of rotatable bonds is 7. The van der Waals surface area contributed by atoms with Gasteiger partial charge in [0.05, 0.1) is 12.2 Å². The third-order valence-electron chi connectivity index (χ3n) is 3.30. The van der Waals surface area contributed by atoms with Gasteiger partial charge in [0.15, 0.2) is 0 Å². The van der Waals surface area contributed by atoms with E-state index in [2.05, 4.69) is 20.4 Å². The smallest absolute Gasteiger partial charge is 0.226 e. The van der Waals surface area contributed by atoms with Crippen molar-refractivity contribution in [1.82, 2.24) is 25.1 Å². The molecule has 0 aliphatic heterocycles. The first-order valence-electron chi connectivity index (χ1n) is 7.40. The number of nitrogens with one attached hydrogen (secondary N) is 1. The van der Waals surface area contributed by atoms with Gasteiger partial charge in [-0.1, -0.05) is 18.2 Å². The van der Waals surface area contributed by atoms with Gasteiger partial charge < -0.3 is 9.73 Å². The summed E-state index contributed by atoms with van der Waals surface area (Å²) in [7, 11) is 0. The minimum absolute atomic E-state index is 0.0191. The number of hydrogen-bond acceptors (Lipinski definition) is 5. The van der Waals surface area contributed by atoms with Crippen LogP contribution >= 0.6 is 0 Å². The SMILES string of the molecule is O=C(CCCn1cncn1)NCc1coc(-c2ccccc2)n1. The lowest BCUT2D eigenvalue weighted by atomic mass is 10.2. The number of amides is 1. The largest absolute Gasteiger partial charge is 0.444 e. The first kappa shape index (κ1) is 15.0. The Kier molecular flexibility index (Phi) is 4.78. The summed E-state index contributed by atoms with van der Waals surface area (Å²) < 4.78 is 7.14. The molecule has 0 aliphatic rings. The Morgan fingerprint density at radius 2 is 2.13 bits per heavy atom. The summed E-state index contributed by atoms with van der Waals surface area (Å²) in [6, 6.07) is 9.65. The average Bonchev–Trinajstić information content (AvgIpc) is 3.25. The zero-order valence-corrected chi connectivity index (χ0v) is 12.6. The number of benzene rings is 1. The second-order valence-corrected chi connectivity index (χ2v) is 5.05. The van der Waals surface area contributed by atoms with Gasteiger partial charge in [-0.2, -0.15) is 5.10 Å². The highest BCUT2D eigenvalue weighted by molar-refractivity contribution is 5.75. The number of aromatic nitrogens is 4. The normalized spacial score (nSPS) is 10.6. The van der Waals surface area contributed by atoms with Crippen molar-refractivity contribution in [1.29, 1.82) is 0 Å². The van der Waals surface area contributed by atoms with Crippen LogP contribution in [0.1, 0.15) is 18.5 Å². The van der Waals surface area contributed by atoms with Crippen LogP contribution in [0.5, 0.6) is 0 Å². The lowest BCUT2D eigenvalue weighted by Crippen LogP contribution is -2.23. The fourth-order valence-corrected chi connectivity index (χ4v) is 2.13. The molecule has 2 aromatic heterocycles. The van der Waals surface area contributed by atoms with Crippen LogP contribution in [0, 0.1) is 0 Å². The molecule has 3 aromatic rings. The van der Waals surface area contributed by atoms with Gasteiger partial charge in [0, 0.05) is 18.5 Å². The van der Waals surface area contributed by atoms with Gasteiger partial charge in [-0.25, -0.2) is 9.97 Å². The standard InChI is InChI=1S/C16H17N5O2/c22-15(7-4-8-21-12-17-11-19-21)18-9-14-10-23-16(20-14)13-5-2-1-3-6-13/h1-3,5-6,10-12H,4,7-9H2,(H,18,22). The van der Waals surface area contributed by atoms with Gasteiger partial charge in [-0.05, 0) is 18.6 Å². The highest BCUT2D eigenvalue weighted by atomic mass is 16.3. The van der Waals surface area contributed by atoms with Crippen LogP contribution in [0.2, 0.25) is 0 Å². The van der Waals surface area contributed by atoms with Crippen LogP contribution in [0.25, 0.3) is 11.5 Å². The van der Waals surface area contributed by atoms with Gasteiger partial charge in [0.1, 0.15) is 18.9 Å². The first-order chi connectivity index (χ1) is 11.3. The Balaban J connectivity index is 1.43. The summed E-state index contributed by atoms with van der Waals surface area (Å²) in [5, 5.41) is 6.83.